The summed E-state index contributed by atoms with van der Waals surface area (Å²) in [6.07, 6.45) is 6.61. The van der Waals surface area contributed by atoms with E-state index in [4.69, 9.17) is 0 Å². The molecule has 0 bridgehead atoms. The molecule has 0 saturated heterocycles. The van der Waals surface area contributed by atoms with Crippen molar-refractivity contribution >= 4 is 0 Å². The smallest absolute Gasteiger partial charge is 0.115 e. The second-order valence-electron chi connectivity index (χ2n) is 4.13. The van der Waals surface area contributed by atoms with Crippen molar-refractivity contribution in [2.75, 3.05) is 0 Å². The van der Waals surface area contributed by atoms with E-state index in [1.165, 1.54) is 11.1 Å². The Labute approximate surface area is 92.5 Å². The van der Waals surface area contributed by atoms with Crippen LogP contribution in [-0.2, 0) is 6.42 Å². The van der Waals surface area contributed by atoms with E-state index < -0.39 is 0 Å². The molecule has 1 atom stereocenters. The summed E-state index contributed by atoms with van der Waals surface area (Å²) in [7, 11) is 0. The molecule has 0 aromatic heterocycles. The molecule has 82 valence electrons. The number of allylic oxidation sites excluding steroid dienone is 2. The molecule has 0 aliphatic heterocycles. The van der Waals surface area contributed by atoms with Crippen molar-refractivity contribution in [3.63, 3.8) is 0 Å². The van der Waals surface area contributed by atoms with Crippen molar-refractivity contribution in [2.45, 2.75) is 33.6 Å². The van der Waals surface area contributed by atoms with Crippen molar-refractivity contribution in [3.8, 4) is 5.75 Å². The van der Waals surface area contributed by atoms with Gasteiger partial charge in [0.05, 0.1) is 0 Å². The first kappa shape index (κ1) is 11.8. The van der Waals surface area contributed by atoms with E-state index in [1.54, 1.807) is 6.07 Å². The van der Waals surface area contributed by atoms with Gasteiger partial charge in [0.25, 0.3) is 0 Å². The molecule has 0 aliphatic rings. The maximum Gasteiger partial charge on any atom is 0.115 e. The maximum atomic E-state index is 9.30. The summed E-state index contributed by atoms with van der Waals surface area (Å²) in [5, 5.41) is 9.30. The van der Waals surface area contributed by atoms with Crippen LogP contribution in [0.15, 0.2) is 30.4 Å². The Balaban J connectivity index is 2.68. The van der Waals surface area contributed by atoms with Crippen LogP contribution in [-0.4, -0.2) is 5.11 Å². The number of hydrogen-bond donors (Lipinski definition) is 1. The minimum atomic E-state index is 0.355. The zero-order valence-corrected chi connectivity index (χ0v) is 9.83. The second kappa shape index (κ2) is 5.59. The van der Waals surface area contributed by atoms with Gasteiger partial charge in [-0.2, -0.15) is 0 Å². The van der Waals surface area contributed by atoms with Crippen LogP contribution in [0.1, 0.15) is 31.4 Å². The first-order valence-electron chi connectivity index (χ1n) is 5.58. The molecule has 1 rings (SSSR count). The third-order valence-electron chi connectivity index (χ3n) is 2.57. The van der Waals surface area contributed by atoms with Crippen LogP contribution in [0.25, 0.3) is 0 Å². The van der Waals surface area contributed by atoms with Crippen molar-refractivity contribution in [2.24, 2.45) is 5.92 Å². The molecule has 0 aliphatic carbocycles. The Bertz CT molecular complexity index is 339. The number of hydrogen-bond acceptors (Lipinski definition) is 1. The van der Waals surface area contributed by atoms with E-state index in [0.29, 0.717) is 11.7 Å². The number of phenols is 1. The standard InChI is InChI=1S/C14H20O/c1-4-5-6-11(2)9-13-7-8-14(15)10-12(13)3/h5-8,10-11,15H,4,9H2,1-3H3/b6-5-. The minimum absolute atomic E-state index is 0.355. The lowest BCUT2D eigenvalue weighted by molar-refractivity contribution is 0.474. The lowest BCUT2D eigenvalue weighted by Crippen LogP contribution is -1.98. The van der Waals surface area contributed by atoms with Crippen LogP contribution in [0.2, 0.25) is 0 Å². The van der Waals surface area contributed by atoms with Crippen LogP contribution >= 0.6 is 0 Å². The molecule has 0 heterocycles. The third-order valence-corrected chi connectivity index (χ3v) is 2.57. The molecule has 1 unspecified atom stereocenters. The quantitative estimate of drug-likeness (QED) is 0.739. The second-order valence-corrected chi connectivity index (χ2v) is 4.13. The summed E-state index contributed by atoms with van der Waals surface area (Å²) in [5.74, 6) is 0.918. The Morgan fingerprint density at radius 1 is 1.40 bits per heavy atom. The van der Waals surface area contributed by atoms with Gasteiger partial charge in [-0.25, -0.2) is 0 Å². The van der Waals surface area contributed by atoms with Gasteiger partial charge in [-0.15, -0.1) is 0 Å². The summed E-state index contributed by atoms with van der Waals surface area (Å²) in [5.41, 5.74) is 2.49. The predicted molar refractivity (Wildman–Crippen MR) is 65.1 cm³/mol. The van der Waals surface area contributed by atoms with Crippen molar-refractivity contribution in [1.82, 2.24) is 0 Å². The van der Waals surface area contributed by atoms with E-state index in [2.05, 4.69) is 26.0 Å². The summed E-state index contributed by atoms with van der Waals surface area (Å²) < 4.78 is 0. The summed E-state index contributed by atoms with van der Waals surface area (Å²) in [6.45, 7) is 6.42. The Hall–Kier alpha value is -1.24. The summed E-state index contributed by atoms with van der Waals surface area (Å²) in [4.78, 5) is 0. The Kier molecular flexibility index (Phi) is 4.41. The van der Waals surface area contributed by atoms with Crippen LogP contribution in [0.5, 0.6) is 5.75 Å². The van der Waals surface area contributed by atoms with Crippen molar-refractivity contribution in [1.29, 1.82) is 0 Å². The SMILES string of the molecule is CC/C=C\C(C)Cc1ccc(O)cc1C. The molecule has 1 nitrogen and oxygen atoms in total. The van der Waals surface area contributed by atoms with E-state index in [1.807, 2.05) is 19.1 Å². The Morgan fingerprint density at radius 3 is 2.73 bits per heavy atom. The third kappa shape index (κ3) is 3.78. The lowest BCUT2D eigenvalue weighted by atomic mass is 9.97. The fourth-order valence-electron chi connectivity index (χ4n) is 1.69. The molecule has 1 aromatic rings. The molecule has 0 radical (unpaired) electrons. The van der Waals surface area contributed by atoms with Gasteiger partial charge in [0.15, 0.2) is 0 Å². The zero-order chi connectivity index (χ0) is 11.3. The van der Waals surface area contributed by atoms with Crippen LogP contribution in [0, 0.1) is 12.8 Å². The number of rotatable bonds is 4. The molecule has 1 heteroatoms. The fraction of sp³-hybridized carbons (Fsp3) is 0.429. The van der Waals surface area contributed by atoms with E-state index in [0.717, 1.165) is 12.8 Å². The highest BCUT2D eigenvalue weighted by Crippen LogP contribution is 2.19. The van der Waals surface area contributed by atoms with Gasteiger partial charge in [-0.05, 0) is 48.9 Å². The van der Waals surface area contributed by atoms with Gasteiger partial charge >= 0.3 is 0 Å². The predicted octanol–water partition coefficient (Wildman–Crippen LogP) is 3.85. The minimum Gasteiger partial charge on any atom is -0.508 e. The number of benzene rings is 1. The lowest BCUT2D eigenvalue weighted by Gasteiger charge is -2.09. The highest BCUT2D eigenvalue weighted by atomic mass is 16.3. The van der Waals surface area contributed by atoms with E-state index in [9.17, 15) is 5.11 Å². The normalized spacial score (nSPS) is 13.3. The monoisotopic (exact) mass is 204 g/mol. The summed E-state index contributed by atoms with van der Waals surface area (Å²) >= 11 is 0. The van der Waals surface area contributed by atoms with Crippen LogP contribution in [0.3, 0.4) is 0 Å². The topological polar surface area (TPSA) is 20.2 Å². The fourth-order valence-corrected chi connectivity index (χ4v) is 1.69. The first-order chi connectivity index (χ1) is 7.13. The average Bonchev–Trinajstić information content (AvgIpc) is 2.19. The molecule has 0 fully saturated rings. The van der Waals surface area contributed by atoms with E-state index in [-0.39, 0.29) is 0 Å². The first-order valence-corrected chi connectivity index (χ1v) is 5.58. The highest BCUT2D eigenvalue weighted by Gasteiger charge is 2.03. The van der Waals surface area contributed by atoms with E-state index >= 15 is 0 Å². The average molecular weight is 204 g/mol. The number of phenolic OH excluding ortho intramolecular Hbond substituents is 1. The van der Waals surface area contributed by atoms with Crippen LogP contribution < -0.4 is 0 Å². The molecule has 1 N–H and O–H groups in total. The van der Waals surface area contributed by atoms with Crippen molar-refractivity contribution < 1.29 is 5.11 Å². The van der Waals surface area contributed by atoms with Gasteiger partial charge in [0.2, 0.25) is 0 Å². The van der Waals surface area contributed by atoms with Gasteiger partial charge in [-0.3, -0.25) is 0 Å². The van der Waals surface area contributed by atoms with Crippen molar-refractivity contribution in [3.05, 3.63) is 41.5 Å². The highest BCUT2D eigenvalue weighted by molar-refractivity contribution is 5.34. The van der Waals surface area contributed by atoms with Gasteiger partial charge in [-0.1, -0.05) is 32.1 Å². The maximum absolute atomic E-state index is 9.30. The van der Waals surface area contributed by atoms with Gasteiger partial charge in [0.1, 0.15) is 5.75 Å². The largest absolute Gasteiger partial charge is 0.508 e. The molecular weight excluding hydrogens is 184 g/mol. The molecule has 0 saturated carbocycles. The molecule has 0 spiro atoms. The molecule has 0 amide bonds. The van der Waals surface area contributed by atoms with Gasteiger partial charge in [0, 0.05) is 0 Å². The Morgan fingerprint density at radius 2 is 2.13 bits per heavy atom. The molecule has 15 heavy (non-hydrogen) atoms. The van der Waals surface area contributed by atoms with Gasteiger partial charge < -0.3 is 5.11 Å². The molecular formula is C14H20O. The zero-order valence-electron chi connectivity index (χ0n) is 9.83. The van der Waals surface area contributed by atoms with Crippen LogP contribution in [0.4, 0.5) is 0 Å². The summed E-state index contributed by atoms with van der Waals surface area (Å²) in [6, 6.07) is 5.60. The number of aryl methyl sites for hydroxylation is 1. The molecule has 1 aromatic carbocycles. The number of aromatic hydroxyl groups is 1.